The van der Waals surface area contributed by atoms with Crippen LogP contribution in [0.4, 0.5) is 0 Å². The number of amides is 1. The van der Waals surface area contributed by atoms with Crippen LogP contribution in [0.1, 0.15) is 26.7 Å². The summed E-state index contributed by atoms with van der Waals surface area (Å²) >= 11 is 0. The average Bonchev–Trinajstić information content (AvgIpc) is 2.55. The van der Waals surface area contributed by atoms with Gasteiger partial charge in [-0.15, -0.1) is 12.3 Å². The Morgan fingerprint density at radius 2 is 2.28 bits per heavy atom. The highest BCUT2D eigenvalue weighted by Crippen LogP contribution is 2.26. The van der Waals surface area contributed by atoms with E-state index in [1.807, 2.05) is 13.8 Å². The van der Waals surface area contributed by atoms with E-state index >= 15 is 0 Å². The molecule has 2 aliphatic rings. The summed E-state index contributed by atoms with van der Waals surface area (Å²) in [5, 5.41) is 4.10. The number of nitrogens with zero attached hydrogens (tertiary/aromatic N) is 1. The van der Waals surface area contributed by atoms with Crippen LogP contribution in [0.2, 0.25) is 0 Å². The number of hydrogen-bond donors (Lipinski definition) is 1. The molecule has 1 amide bonds. The molecule has 1 aliphatic carbocycles. The fourth-order valence-electron chi connectivity index (χ4n) is 2.98. The number of hydrogen-bond acceptors (Lipinski definition) is 5. The van der Waals surface area contributed by atoms with Crippen LogP contribution in [0.3, 0.4) is 0 Å². The van der Waals surface area contributed by atoms with Crippen LogP contribution in [0, 0.1) is 24.2 Å². The van der Waals surface area contributed by atoms with Crippen molar-refractivity contribution in [2.45, 2.75) is 26.7 Å². The minimum atomic E-state index is -2.46. The Labute approximate surface area is 148 Å². The molecule has 7 heteroatoms. The van der Waals surface area contributed by atoms with Crippen molar-refractivity contribution in [1.82, 2.24) is 5.43 Å². The van der Waals surface area contributed by atoms with Crippen LogP contribution in [-0.4, -0.2) is 32.0 Å². The van der Waals surface area contributed by atoms with E-state index < -0.39 is 16.2 Å². The van der Waals surface area contributed by atoms with Crippen molar-refractivity contribution in [2.75, 3.05) is 7.11 Å². The van der Waals surface area contributed by atoms with Gasteiger partial charge in [0.05, 0.1) is 12.8 Å². The number of carbonyl (C=O) groups excluding carboxylic acids is 1. The van der Waals surface area contributed by atoms with Crippen molar-refractivity contribution in [2.24, 2.45) is 16.9 Å². The Balaban J connectivity index is 2.44. The lowest BCUT2D eigenvalue weighted by Gasteiger charge is -2.22. The first kappa shape index (κ1) is 18.7. The number of carbonyl (C=O) groups is 1. The molecule has 2 unspecified atom stereocenters. The number of ether oxygens (including phenoxy) is 1. The predicted molar refractivity (Wildman–Crippen MR) is 97.2 cm³/mol. The molecule has 25 heavy (non-hydrogen) atoms. The summed E-state index contributed by atoms with van der Waals surface area (Å²) in [7, 11) is -1.04. The Morgan fingerprint density at radius 3 is 2.84 bits per heavy atom. The quantitative estimate of drug-likeness (QED) is 0.610. The van der Waals surface area contributed by atoms with Crippen molar-refractivity contribution in [3.05, 3.63) is 35.1 Å². The molecule has 0 aromatic carbocycles. The van der Waals surface area contributed by atoms with Crippen LogP contribution in [0.25, 0.3) is 0 Å². The first-order chi connectivity index (χ1) is 11.9. The highest BCUT2D eigenvalue weighted by molar-refractivity contribution is 7.73. The maximum Gasteiger partial charge on any atom is 0.240 e. The summed E-state index contributed by atoms with van der Waals surface area (Å²) < 4.78 is 28.9. The third-order valence-corrected chi connectivity index (χ3v) is 4.91. The lowest BCUT2D eigenvalue weighted by molar-refractivity contribution is -0.121. The van der Waals surface area contributed by atoms with Gasteiger partial charge in [0.1, 0.15) is 10.6 Å². The largest absolute Gasteiger partial charge is 0.495 e. The van der Waals surface area contributed by atoms with Gasteiger partial charge in [-0.1, -0.05) is 25.2 Å². The molecule has 0 saturated carbocycles. The van der Waals surface area contributed by atoms with Crippen molar-refractivity contribution in [3.63, 3.8) is 0 Å². The van der Waals surface area contributed by atoms with E-state index in [9.17, 15) is 13.2 Å². The van der Waals surface area contributed by atoms with E-state index in [4.69, 9.17) is 11.2 Å². The first-order valence-corrected chi connectivity index (χ1v) is 8.87. The molecule has 1 N–H and O–H groups in total. The molecular weight excluding hydrogens is 340 g/mol. The van der Waals surface area contributed by atoms with Gasteiger partial charge in [-0.05, 0) is 12.5 Å². The molecule has 0 aromatic heterocycles. The van der Waals surface area contributed by atoms with E-state index in [1.165, 1.54) is 7.11 Å². The van der Waals surface area contributed by atoms with Crippen LogP contribution < -0.4 is 5.43 Å². The van der Waals surface area contributed by atoms with Gasteiger partial charge in [-0.25, -0.2) is 5.43 Å². The Hall–Kier alpha value is -2.59. The first-order valence-electron chi connectivity index (χ1n) is 7.79. The summed E-state index contributed by atoms with van der Waals surface area (Å²) in [6.45, 7) is 3.76. The number of allylic oxidation sites excluding steroid dienone is 6. The number of methoxy groups -OCH3 is 1. The van der Waals surface area contributed by atoms with Crippen molar-refractivity contribution < 1.29 is 17.9 Å². The van der Waals surface area contributed by atoms with E-state index in [0.29, 0.717) is 12.0 Å². The van der Waals surface area contributed by atoms with Gasteiger partial charge in [0.25, 0.3) is 0 Å². The van der Waals surface area contributed by atoms with Gasteiger partial charge >= 0.3 is 0 Å². The van der Waals surface area contributed by atoms with E-state index in [-0.39, 0.29) is 28.9 Å². The Bertz CT molecular complexity index is 875. The van der Waals surface area contributed by atoms with Crippen molar-refractivity contribution in [3.8, 4) is 12.3 Å². The molecule has 0 spiro atoms. The molecule has 0 radical (unpaired) electrons. The monoisotopic (exact) mass is 360 g/mol. The maximum absolute atomic E-state index is 11.8. The van der Waals surface area contributed by atoms with Crippen LogP contribution in [0.15, 0.2) is 40.2 Å². The van der Waals surface area contributed by atoms with Gasteiger partial charge < -0.3 is 4.74 Å². The topological polar surface area (TPSA) is 84.8 Å². The number of hydrazone groups is 1. The summed E-state index contributed by atoms with van der Waals surface area (Å²) in [6, 6.07) is 0. The van der Waals surface area contributed by atoms with Crippen LogP contribution in [0.5, 0.6) is 0 Å². The fourth-order valence-corrected chi connectivity index (χ4v) is 3.71. The second-order valence-corrected chi connectivity index (χ2v) is 6.82. The molecule has 0 saturated heterocycles. The standard InChI is InChI=1S/C18H20N2O4S/c1-5-6-13-7-8-14(18(25(22)23)17(13)24-4)9-11(2)16-12(3)10-15(21)19-20-16/h1,7-9,12,14H,6,10H2,2-4H3,(H,19,21). The maximum atomic E-state index is 11.8. The van der Waals surface area contributed by atoms with Crippen molar-refractivity contribution >= 4 is 26.8 Å². The van der Waals surface area contributed by atoms with Gasteiger partial charge in [-0.2, -0.15) is 13.5 Å². The van der Waals surface area contributed by atoms with E-state index in [2.05, 4.69) is 16.4 Å². The molecule has 2 rings (SSSR count). The Kier molecular flexibility index (Phi) is 5.99. The van der Waals surface area contributed by atoms with Gasteiger partial charge in [-0.3, -0.25) is 4.79 Å². The third kappa shape index (κ3) is 4.09. The zero-order valence-electron chi connectivity index (χ0n) is 14.4. The molecule has 0 bridgehead atoms. The average molecular weight is 360 g/mol. The number of nitrogens with one attached hydrogen (secondary N) is 1. The summed E-state index contributed by atoms with van der Waals surface area (Å²) in [5.41, 5.74) is 4.66. The highest BCUT2D eigenvalue weighted by atomic mass is 32.2. The molecule has 1 heterocycles. The molecule has 132 valence electrons. The summed E-state index contributed by atoms with van der Waals surface area (Å²) in [4.78, 5) is 11.5. The van der Waals surface area contributed by atoms with Gasteiger partial charge in [0, 0.05) is 30.3 Å². The molecule has 0 fully saturated rings. The zero-order valence-corrected chi connectivity index (χ0v) is 15.2. The molecule has 0 aromatic rings. The lowest BCUT2D eigenvalue weighted by Crippen LogP contribution is -2.32. The van der Waals surface area contributed by atoms with E-state index in [1.54, 1.807) is 18.2 Å². The summed E-state index contributed by atoms with van der Waals surface area (Å²) in [5.74, 6) is 2.14. The van der Waals surface area contributed by atoms with Gasteiger partial charge in [0.2, 0.25) is 16.2 Å². The molecule has 1 aliphatic heterocycles. The zero-order chi connectivity index (χ0) is 18.6. The van der Waals surface area contributed by atoms with Crippen LogP contribution in [-0.2, 0) is 19.8 Å². The Morgan fingerprint density at radius 1 is 1.56 bits per heavy atom. The number of rotatable bonds is 4. The van der Waals surface area contributed by atoms with E-state index in [0.717, 1.165) is 11.3 Å². The smallest absolute Gasteiger partial charge is 0.240 e. The normalized spacial score (nSPS) is 23.8. The van der Waals surface area contributed by atoms with Gasteiger partial charge in [0.15, 0.2) is 0 Å². The minimum absolute atomic E-state index is 0.0341. The predicted octanol–water partition coefficient (Wildman–Crippen LogP) is 1.61. The summed E-state index contributed by atoms with van der Waals surface area (Å²) in [6.07, 6.45) is 11.3. The fraction of sp³-hybridized carbons (Fsp3) is 0.389. The molecular formula is C18H20N2O4S. The highest BCUT2D eigenvalue weighted by Gasteiger charge is 2.27. The molecule has 6 nitrogen and oxygen atoms in total. The lowest BCUT2D eigenvalue weighted by atomic mass is 9.88. The second-order valence-electron chi connectivity index (χ2n) is 5.91. The van der Waals surface area contributed by atoms with Crippen molar-refractivity contribution in [1.29, 1.82) is 0 Å². The third-order valence-electron chi connectivity index (χ3n) is 4.09. The minimum Gasteiger partial charge on any atom is -0.495 e. The SMILES string of the molecule is C#CCC1=C(OC)C(=S(=O)=O)C(C=C(C)C2=NNC(=O)CC2C)C=C1. The van der Waals surface area contributed by atoms with Crippen LogP contribution >= 0.6 is 0 Å². The second kappa shape index (κ2) is 7.99. The molecule has 2 atom stereocenters. The number of terminal acetylenes is 1.